The SMILES string of the molecule is CCC(C)NC(=O)C(C)N(CCc1ccccc1)C(=O)CN(c1cccc(Cl)c1Cl)S(=O)(=O)c1ccccc1. The minimum Gasteiger partial charge on any atom is -0.352 e. The van der Waals surface area contributed by atoms with Gasteiger partial charge in [0, 0.05) is 12.6 Å². The number of nitrogens with zero attached hydrogens (tertiary/aromatic N) is 2. The van der Waals surface area contributed by atoms with Crippen molar-refractivity contribution in [2.45, 2.75) is 50.6 Å². The Labute approximate surface area is 240 Å². The van der Waals surface area contributed by atoms with Gasteiger partial charge < -0.3 is 10.2 Å². The maximum absolute atomic E-state index is 13.9. The lowest BCUT2D eigenvalue weighted by molar-refractivity contribution is -0.139. The highest BCUT2D eigenvalue weighted by molar-refractivity contribution is 7.92. The van der Waals surface area contributed by atoms with Crippen molar-refractivity contribution in [2.24, 2.45) is 0 Å². The Morgan fingerprint density at radius 3 is 2.13 bits per heavy atom. The molecule has 0 bridgehead atoms. The maximum Gasteiger partial charge on any atom is 0.264 e. The van der Waals surface area contributed by atoms with Crippen LogP contribution in [0.3, 0.4) is 0 Å². The number of halogens is 2. The normalized spacial score (nSPS) is 12.8. The van der Waals surface area contributed by atoms with Crippen molar-refractivity contribution >= 4 is 50.7 Å². The molecular formula is C29H33Cl2N3O4S. The summed E-state index contributed by atoms with van der Waals surface area (Å²) in [5.41, 5.74) is 1.05. The molecule has 0 aliphatic heterocycles. The second kappa shape index (κ2) is 13.8. The molecule has 208 valence electrons. The average molecular weight is 591 g/mol. The van der Waals surface area contributed by atoms with E-state index in [0.29, 0.717) is 6.42 Å². The van der Waals surface area contributed by atoms with Crippen molar-refractivity contribution in [3.05, 3.63) is 94.5 Å². The van der Waals surface area contributed by atoms with Crippen LogP contribution in [0.25, 0.3) is 0 Å². The highest BCUT2D eigenvalue weighted by Gasteiger charge is 2.33. The molecule has 0 saturated carbocycles. The zero-order valence-electron chi connectivity index (χ0n) is 22.2. The lowest BCUT2D eigenvalue weighted by Gasteiger charge is -2.32. The Hall–Kier alpha value is -3.07. The summed E-state index contributed by atoms with van der Waals surface area (Å²) < 4.78 is 28.5. The molecule has 2 amide bonds. The highest BCUT2D eigenvalue weighted by atomic mass is 35.5. The molecule has 39 heavy (non-hydrogen) atoms. The Morgan fingerprint density at radius 1 is 0.897 bits per heavy atom. The van der Waals surface area contributed by atoms with Crippen molar-refractivity contribution in [3.8, 4) is 0 Å². The van der Waals surface area contributed by atoms with Gasteiger partial charge in [-0.05, 0) is 56.5 Å². The van der Waals surface area contributed by atoms with Gasteiger partial charge in [0.2, 0.25) is 11.8 Å². The number of sulfonamides is 1. The van der Waals surface area contributed by atoms with Crippen LogP contribution in [-0.2, 0) is 26.0 Å². The first-order chi connectivity index (χ1) is 18.6. The van der Waals surface area contributed by atoms with Gasteiger partial charge in [-0.15, -0.1) is 0 Å². The summed E-state index contributed by atoms with van der Waals surface area (Å²) in [5.74, 6) is -0.864. The van der Waals surface area contributed by atoms with Gasteiger partial charge in [-0.3, -0.25) is 13.9 Å². The van der Waals surface area contributed by atoms with Crippen molar-refractivity contribution < 1.29 is 18.0 Å². The van der Waals surface area contributed by atoms with E-state index >= 15 is 0 Å². The minimum atomic E-state index is -4.22. The fourth-order valence-corrected chi connectivity index (χ4v) is 5.85. The van der Waals surface area contributed by atoms with E-state index in [1.54, 1.807) is 31.2 Å². The average Bonchev–Trinajstić information content (AvgIpc) is 2.94. The van der Waals surface area contributed by atoms with Crippen LogP contribution in [0, 0.1) is 0 Å². The molecule has 2 unspecified atom stereocenters. The summed E-state index contributed by atoms with van der Waals surface area (Å²) in [4.78, 5) is 28.4. The van der Waals surface area contributed by atoms with E-state index < -0.39 is 28.5 Å². The van der Waals surface area contributed by atoms with E-state index in [0.717, 1.165) is 16.3 Å². The molecule has 7 nitrogen and oxygen atoms in total. The molecular weight excluding hydrogens is 557 g/mol. The van der Waals surface area contributed by atoms with E-state index in [1.807, 2.05) is 44.2 Å². The summed E-state index contributed by atoms with van der Waals surface area (Å²) in [5, 5.41) is 3.07. The molecule has 0 spiro atoms. The van der Waals surface area contributed by atoms with Crippen LogP contribution in [0.1, 0.15) is 32.8 Å². The van der Waals surface area contributed by atoms with Crippen molar-refractivity contribution in [1.29, 1.82) is 0 Å². The molecule has 10 heteroatoms. The molecule has 0 aliphatic carbocycles. The predicted molar refractivity (Wildman–Crippen MR) is 157 cm³/mol. The molecule has 3 rings (SSSR count). The molecule has 3 aromatic carbocycles. The molecule has 0 heterocycles. The zero-order valence-corrected chi connectivity index (χ0v) is 24.5. The third-order valence-electron chi connectivity index (χ3n) is 6.46. The Morgan fingerprint density at radius 2 is 1.51 bits per heavy atom. The molecule has 0 aromatic heterocycles. The van der Waals surface area contributed by atoms with Gasteiger partial charge in [-0.2, -0.15) is 0 Å². The fraction of sp³-hybridized carbons (Fsp3) is 0.310. The largest absolute Gasteiger partial charge is 0.352 e. The molecule has 0 saturated heterocycles. The van der Waals surface area contributed by atoms with Crippen LogP contribution >= 0.6 is 23.2 Å². The van der Waals surface area contributed by atoms with Gasteiger partial charge in [0.15, 0.2) is 0 Å². The molecule has 0 aliphatic rings. The summed E-state index contributed by atoms with van der Waals surface area (Å²) in [6.07, 6.45) is 1.21. The van der Waals surface area contributed by atoms with Crippen molar-refractivity contribution in [2.75, 3.05) is 17.4 Å². The standard InChI is InChI=1S/C29H33Cl2N3O4S/c1-4-21(2)32-29(36)22(3)33(19-18-23-12-7-5-8-13-23)27(35)20-34(26-17-11-16-25(30)28(26)31)39(37,38)24-14-9-6-10-15-24/h5-17,21-22H,4,18-20H2,1-3H3,(H,32,36). The molecule has 1 N–H and O–H groups in total. The van der Waals surface area contributed by atoms with Crippen LogP contribution in [-0.4, -0.2) is 50.3 Å². The number of hydrogen-bond donors (Lipinski definition) is 1. The smallest absolute Gasteiger partial charge is 0.264 e. The van der Waals surface area contributed by atoms with E-state index in [1.165, 1.54) is 29.2 Å². The zero-order chi connectivity index (χ0) is 28.6. The van der Waals surface area contributed by atoms with Gasteiger partial charge >= 0.3 is 0 Å². The quantitative estimate of drug-likeness (QED) is 0.299. The van der Waals surface area contributed by atoms with Gasteiger partial charge in [-0.25, -0.2) is 8.42 Å². The first-order valence-corrected chi connectivity index (χ1v) is 14.9. The molecule has 0 fully saturated rings. The summed E-state index contributed by atoms with van der Waals surface area (Å²) in [7, 11) is -4.22. The van der Waals surface area contributed by atoms with Crippen molar-refractivity contribution in [1.82, 2.24) is 10.2 Å². The van der Waals surface area contributed by atoms with Crippen LogP contribution in [0.2, 0.25) is 10.0 Å². The number of hydrogen-bond acceptors (Lipinski definition) is 4. The van der Waals surface area contributed by atoms with E-state index in [-0.39, 0.29) is 39.1 Å². The Kier molecular flexibility index (Phi) is 10.8. The van der Waals surface area contributed by atoms with Crippen LogP contribution < -0.4 is 9.62 Å². The van der Waals surface area contributed by atoms with E-state index in [9.17, 15) is 18.0 Å². The topological polar surface area (TPSA) is 86.8 Å². The monoisotopic (exact) mass is 589 g/mol. The maximum atomic E-state index is 13.9. The lowest BCUT2D eigenvalue weighted by atomic mass is 10.1. The molecule has 3 aromatic rings. The van der Waals surface area contributed by atoms with Gasteiger partial charge in [-0.1, -0.05) is 84.7 Å². The number of carbonyl (C=O) groups excluding carboxylic acids is 2. The lowest BCUT2D eigenvalue weighted by Crippen LogP contribution is -2.53. The number of nitrogens with one attached hydrogen (secondary N) is 1. The van der Waals surface area contributed by atoms with Crippen LogP contribution in [0.5, 0.6) is 0 Å². The number of anilines is 1. The van der Waals surface area contributed by atoms with Crippen LogP contribution in [0.4, 0.5) is 5.69 Å². The predicted octanol–water partition coefficient (Wildman–Crippen LogP) is 5.56. The summed E-state index contributed by atoms with van der Waals surface area (Å²) in [6.45, 7) is 5.11. The molecule has 2 atom stereocenters. The summed E-state index contributed by atoms with van der Waals surface area (Å²) in [6, 6.07) is 21.0. The Bertz CT molecular complexity index is 1370. The highest BCUT2D eigenvalue weighted by Crippen LogP contribution is 2.35. The molecule has 0 radical (unpaired) electrons. The van der Waals surface area contributed by atoms with Crippen molar-refractivity contribution in [3.63, 3.8) is 0 Å². The summed E-state index contributed by atoms with van der Waals surface area (Å²) >= 11 is 12.7. The fourth-order valence-electron chi connectivity index (χ4n) is 3.95. The number of carbonyl (C=O) groups is 2. The first kappa shape index (κ1) is 30.5. The second-order valence-electron chi connectivity index (χ2n) is 9.21. The second-order valence-corrected chi connectivity index (χ2v) is 11.9. The van der Waals surface area contributed by atoms with Gasteiger partial charge in [0.05, 0.1) is 20.6 Å². The first-order valence-electron chi connectivity index (χ1n) is 12.7. The Balaban J connectivity index is 2.00. The van der Waals surface area contributed by atoms with Crippen LogP contribution in [0.15, 0.2) is 83.8 Å². The van der Waals surface area contributed by atoms with Gasteiger partial charge in [0.25, 0.3) is 10.0 Å². The van der Waals surface area contributed by atoms with Gasteiger partial charge in [0.1, 0.15) is 12.6 Å². The third-order valence-corrected chi connectivity index (χ3v) is 9.05. The van der Waals surface area contributed by atoms with E-state index in [4.69, 9.17) is 23.2 Å². The number of amides is 2. The third kappa shape index (κ3) is 7.75. The number of benzene rings is 3. The minimum absolute atomic E-state index is 0.00451. The number of rotatable bonds is 12. The van der Waals surface area contributed by atoms with E-state index in [2.05, 4.69) is 5.32 Å².